The highest BCUT2D eigenvalue weighted by molar-refractivity contribution is 5.85. The zero-order chi connectivity index (χ0) is 24.6. The van der Waals surface area contributed by atoms with Gasteiger partial charge in [0.15, 0.2) is 0 Å². The van der Waals surface area contributed by atoms with Gasteiger partial charge in [-0.3, -0.25) is 14.7 Å². The average molecular weight is 477 g/mol. The zero-order valence-corrected chi connectivity index (χ0v) is 20.4. The number of benzene rings is 3. The van der Waals surface area contributed by atoms with Crippen LogP contribution in [0.15, 0.2) is 103 Å². The smallest absolute Gasteiger partial charge is 0.237 e. The number of carbonyl (C=O) groups is 1. The first kappa shape index (κ1) is 23.9. The van der Waals surface area contributed by atoms with Crippen LogP contribution in [0.25, 0.3) is 16.8 Å². The van der Waals surface area contributed by atoms with Crippen LogP contribution in [0.3, 0.4) is 0 Å². The number of rotatable bonds is 9. The van der Waals surface area contributed by atoms with Gasteiger partial charge in [-0.1, -0.05) is 91.0 Å². The van der Waals surface area contributed by atoms with Gasteiger partial charge in [-0.05, 0) is 39.9 Å². The van der Waals surface area contributed by atoms with Crippen molar-refractivity contribution < 1.29 is 4.79 Å². The molecule has 1 aliphatic heterocycles. The van der Waals surface area contributed by atoms with E-state index in [9.17, 15) is 4.79 Å². The molecule has 1 aromatic heterocycles. The Morgan fingerprint density at radius 2 is 1.78 bits per heavy atom. The number of nitrogens with zero attached hydrogens (tertiary/aromatic N) is 2. The van der Waals surface area contributed by atoms with Crippen molar-refractivity contribution in [3.05, 3.63) is 120 Å². The molecule has 0 spiro atoms. The predicted octanol–water partition coefficient (Wildman–Crippen LogP) is 4.80. The molecule has 1 amide bonds. The first-order valence-corrected chi connectivity index (χ1v) is 12.6. The van der Waals surface area contributed by atoms with Crippen LogP contribution in [0.4, 0.5) is 0 Å². The molecular weight excluding hydrogens is 444 g/mol. The second-order valence-electron chi connectivity index (χ2n) is 9.31. The Balaban J connectivity index is 1.25. The third kappa shape index (κ3) is 6.06. The monoisotopic (exact) mass is 476 g/mol. The van der Waals surface area contributed by atoms with Gasteiger partial charge in [0.25, 0.3) is 0 Å². The van der Waals surface area contributed by atoms with E-state index in [2.05, 4.69) is 87.3 Å². The highest BCUT2D eigenvalue weighted by Gasteiger charge is 2.35. The Kier molecular flexibility index (Phi) is 7.81. The summed E-state index contributed by atoms with van der Waals surface area (Å²) in [6.07, 6.45) is 8.60. The van der Waals surface area contributed by atoms with Gasteiger partial charge in [0.05, 0.1) is 6.04 Å². The molecule has 0 aliphatic carbocycles. The molecule has 1 saturated heterocycles. The molecule has 2 atom stereocenters. The number of nitrogens with one attached hydrogen (secondary N) is 2. The second-order valence-corrected chi connectivity index (χ2v) is 9.31. The van der Waals surface area contributed by atoms with Gasteiger partial charge in [0.1, 0.15) is 0 Å². The lowest BCUT2D eigenvalue weighted by Gasteiger charge is -2.22. The minimum absolute atomic E-state index is 0.0708. The van der Waals surface area contributed by atoms with Gasteiger partial charge in [-0.15, -0.1) is 0 Å². The fourth-order valence-electron chi connectivity index (χ4n) is 4.92. The van der Waals surface area contributed by atoms with Gasteiger partial charge in [-0.25, -0.2) is 0 Å². The maximum Gasteiger partial charge on any atom is 0.237 e. The molecular formula is C31H32N4O. The molecule has 1 fully saturated rings. The van der Waals surface area contributed by atoms with E-state index >= 15 is 0 Å². The summed E-state index contributed by atoms with van der Waals surface area (Å²) >= 11 is 0. The summed E-state index contributed by atoms with van der Waals surface area (Å²) in [4.78, 5) is 19.7. The van der Waals surface area contributed by atoms with Crippen molar-refractivity contribution in [3.8, 4) is 0 Å². The average Bonchev–Trinajstić information content (AvgIpc) is 3.35. The number of fused-ring (bicyclic) bond motifs is 1. The first-order chi connectivity index (χ1) is 17.8. The van der Waals surface area contributed by atoms with Crippen molar-refractivity contribution in [1.29, 1.82) is 0 Å². The van der Waals surface area contributed by atoms with Crippen LogP contribution in [0.1, 0.15) is 23.1 Å². The maximum atomic E-state index is 13.2. The zero-order valence-electron chi connectivity index (χ0n) is 20.4. The molecule has 3 aromatic carbocycles. The maximum absolute atomic E-state index is 13.2. The second kappa shape index (κ2) is 11.8. The van der Waals surface area contributed by atoms with Crippen LogP contribution in [-0.2, 0) is 17.9 Å². The van der Waals surface area contributed by atoms with Crippen molar-refractivity contribution >= 4 is 22.8 Å². The molecule has 0 radical (unpaired) electrons. The van der Waals surface area contributed by atoms with Crippen LogP contribution < -0.4 is 10.6 Å². The molecule has 5 nitrogen and oxygen atoms in total. The largest absolute Gasteiger partial charge is 0.351 e. The molecule has 1 aliphatic rings. The van der Waals surface area contributed by atoms with E-state index < -0.39 is 0 Å². The number of hydrogen-bond acceptors (Lipinski definition) is 4. The molecule has 182 valence electrons. The van der Waals surface area contributed by atoms with E-state index in [0.29, 0.717) is 6.54 Å². The number of carbonyl (C=O) groups excluding carboxylic acids is 1. The highest BCUT2D eigenvalue weighted by atomic mass is 16.2. The van der Waals surface area contributed by atoms with E-state index in [4.69, 9.17) is 0 Å². The van der Waals surface area contributed by atoms with E-state index in [0.717, 1.165) is 31.6 Å². The Hall–Kier alpha value is -3.80. The molecule has 5 heteroatoms. The lowest BCUT2D eigenvalue weighted by Crippen LogP contribution is -2.43. The minimum Gasteiger partial charge on any atom is -0.351 e. The summed E-state index contributed by atoms with van der Waals surface area (Å²) in [5.41, 5.74) is 3.46. The number of likely N-dealkylation sites (tertiary alicyclic amines) is 1. The molecule has 36 heavy (non-hydrogen) atoms. The van der Waals surface area contributed by atoms with E-state index in [1.54, 1.807) is 12.4 Å². The predicted molar refractivity (Wildman–Crippen MR) is 146 cm³/mol. The van der Waals surface area contributed by atoms with Crippen molar-refractivity contribution in [2.75, 3.05) is 13.1 Å². The fourth-order valence-corrected chi connectivity index (χ4v) is 4.92. The molecule has 0 unspecified atom stereocenters. The van der Waals surface area contributed by atoms with Crippen LogP contribution in [-0.4, -0.2) is 41.0 Å². The molecule has 0 saturated carbocycles. The van der Waals surface area contributed by atoms with Crippen molar-refractivity contribution in [2.45, 2.75) is 31.6 Å². The van der Waals surface area contributed by atoms with Crippen LogP contribution in [0.5, 0.6) is 0 Å². The van der Waals surface area contributed by atoms with Gasteiger partial charge in [0, 0.05) is 44.6 Å². The summed E-state index contributed by atoms with van der Waals surface area (Å²) in [6, 6.07) is 29.2. The molecule has 2 N–H and O–H groups in total. The van der Waals surface area contributed by atoms with Gasteiger partial charge >= 0.3 is 0 Å². The van der Waals surface area contributed by atoms with E-state index in [1.165, 1.54) is 21.9 Å². The first-order valence-electron chi connectivity index (χ1n) is 12.6. The van der Waals surface area contributed by atoms with Crippen LogP contribution >= 0.6 is 0 Å². The fraction of sp³-hybridized carbons (Fsp3) is 0.226. The SMILES string of the molecule is O=C(NCc1cccnc1)[C@@H]1C[C@H](NCc2cccc3ccccc23)CN1C/C=C/c1ccccc1. The third-order valence-electron chi connectivity index (χ3n) is 6.81. The number of amides is 1. The van der Waals surface area contributed by atoms with Crippen LogP contribution in [0.2, 0.25) is 0 Å². The normalized spacial score (nSPS) is 18.1. The van der Waals surface area contributed by atoms with Gasteiger partial charge < -0.3 is 10.6 Å². The number of hydrogen-bond donors (Lipinski definition) is 2. The summed E-state index contributed by atoms with van der Waals surface area (Å²) in [7, 11) is 0. The molecule has 5 rings (SSSR count). The van der Waals surface area contributed by atoms with Crippen LogP contribution in [0, 0.1) is 0 Å². The Labute approximate surface area is 212 Å². The lowest BCUT2D eigenvalue weighted by atomic mass is 10.0. The van der Waals surface area contributed by atoms with E-state index in [-0.39, 0.29) is 18.0 Å². The lowest BCUT2D eigenvalue weighted by molar-refractivity contribution is -0.125. The Bertz CT molecular complexity index is 1300. The van der Waals surface area contributed by atoms with Gasteiger partial charge in [0.2, 0.25) is 5.91 Å². The Morgan fingerprint density at radius 3 is 2.64 bits per heavy atom. The molecule has 2 heterocycles. The number of aromatic nitrogens is 1. The summed E-state index contributed by atoms with van der Waals surface area (Å²) < 4.78 is 0. The van der Waals surface area contributed by atoms with Crippen molar-refractivity contribution in [3.63, 3.8) is 0 Å². The molecule has 0 bridgehead atoms. The standard InChI is InChI=1S/C31H32N4O/c36-31(34-21-25-11-7-17-32-20-25)30-19-28(23-35(30)18-8-12-24-9-2-1-3-10-24)33-22-27-15-6-14-26-13-4-5-16-29(26)27/h1-17,20,28,30,33H,18-19,21-23H2,(H,34,36)/b12-8+/t28-,30-/m0/s1. The summed E-state index contributed by atoms with van der Waals surface area (Å²) in [5, 5.41) is 9.39. The van der Waals surface area contributed by atoms with Crippen molar-refractivity contribution in [2.24, 2.45) is 0 Å². The Morgan fingerprint density at radius 1 is 0.944 bits per heavy atom. The number of pyridine rings is 1. The third-order valence-corrected chi connectivity index (χ3v) is 6.81. The summed E-state index contributed by atoms with van der Waals surface area (Å²) in [6.45, 7) is 2.83. The highest BCUT2D eigenvalue weighted by Crippen LogP contribution is 2.22. The summed E-state index contributed by atoms with van der Waals surface area (Å²) in [5.74, 6) is 0.0708. The van der Waals surface area contributed by atoms with Crippen molar-refractivity contribution in [1.82, 2.24) is 20.5 Å². The van der Waals surface area contributed by atoms with E-state index in [1.807, 2.05) is 30.3 Å². The minimum atomic E-state index is -0.174. The topological polar surface area (TPSA) is 57.3 Å². The molecule has 4 aromatic rings. The quantitative estimate of drug-likeness (QED) is 0.365. The van der Waals surface area contributed by atoms with Gasteiger partial charge in [-0.2, -0.15) is 0 Å².